The summed E-state index contributed by atoms with van der Waals surface area (Å²) >= 11 is 0. The molecule has 0 aliphatic heterocycles. The van der Waals surface area contributed by atoms with Gasteiger partial charge in [-0.05, 0) is 19.1 Å². The zero-order valence-corrected chi connectivity index (χ0v) is 10.2. The largest absolute Gasteiger partial charge is 0.462 e. The highest BCUT2D eigenvalue weighted by Gasteiger charge is 2.23. The Morgan fingerprint density at radius 1 is 1.35 bits per heavy atom. The predicted octanol–water partition coefficient (Wildman–Crippen LogP) is 3.27. The number of nitriles is 1. The summed E-state index contributed by atoms with van der Waals surface area (Å²) < 4.78 is 58.4. The molecule has 0 aromatic heterocycles. The third-order valence-electron chi connectivity index (χ3n) is 2.20. The SMILES string of the molecule is CCOC(=O)c1cc(C(F)F)cc(OC(F)F)c1C#N. The number of rotatable bonds is 5. The van der Waals surface area contributed by atoms with Gasteiger partial charge in [0, 0.05) is 5.56 Å². The maximum Gasteiger partial charge on any atom is 0.387 e. The number of hydrogen-bond acceptors (Lipinski definition) is 4. The van der Waals surface area contributed by atoms with Crippen molar-refractivity contribution in [2.45, 2.75) is 20.0 Å². The minimum Gasteiger partial charge on any atom is -0.462 e. The van der Waals surface area contributed by atoms with Crippen molar-refractivity contribution in [3.05, 3.63) is 28.8 Å². The molecule has 0 radical (unpaired) electrons. The van der Waals surface area contributed by atoms with Crippen LogP contribution in [0.2, 0.25) is 0 Å². The van der Waals surface area contributed by atoms with Crippen molar-refractivity contribution in [2.24, 2.45) is 0 Å². The molecular weight excluding hydrogens is 282 g/mol. The Balaban J connectivity index is 3.43. The third-order valence-corrected chi connectivity index (χ3v) is 2.20. The van der Waals surface area contributed by atoms with E-state index in [1.807, 2.05) is 0 Å². The van der Waals surface area contributed by atoms with Crippen LogP contribution in [0.25, 0.3) is 0 Å². The van der Waals surface area contributed by atoms with Crippen molar-refractivity contribution in [1.29, 1.82) is 5.26 Å². The highest BCUT2D eigenvalue weighted by Crippen LogP contribution is 2.31. The number of esters is 1. The standard InChI is InChI=1S/C12H9F4NO3/c1-2-19-11(18)7-3-6(10(13)14)4-9(8(7)5-17)20-12(15)16/h3-4,10,12H,2H2,1H3. The average Bonchev–Trinajstić information content (AvgIpc) is 2.37. The molecule has 0 aliphatic rings. The van der Waals surface area contributed by atoms with Crippen molar-refractivity contribution in [3.8, 4) is 11.8 Å². The van der Waals surface area contributed by atoms with E-state index in [4.69, 9.17) is 5.26 Å². The Morgan fingerprint density at radius 3 is 2.45 bits per heavy atom. The van der Waals surface area contributed by atoms with Gasteiger partial charge < -0.3 is 9.47 Å². The Kier molecular flexibility index (Phi) is 5.32. The van der Waals surface area contributed by atoms with E-state index in [1.165, 1.54) is 13.0 Å². The van der Waals surface area contributed by atoms with Crippen LogP contribution in [0.3, 0.4) is 0 Å². The molecule has 0 unspecified atom stereocenters. The van der Waals surface area contributed by atoms with E-state index in [9.17, 15) is 22.4 Å². The molecule has 4 nitrogen and oxygen atoms in total. The maximum absolute atomic E-state index is 12.7. The molecule has 0 heterocycles. The Hall–Kier alpha value is -2.30. The lowest BCUT2D eigenvalue weighted by Gasteiger charge is -2.12. The fourth-order valence-electron chi connectivity index (χ4n) is 1.44. The van der Waals surface area contributed by atoms with Crippen LogP contribution in [0.15, 0.2) is 12.1 Å². The van der Waals surface area contributed by atoms with E-state index in [0.29, 0.717) is 6.07 Å². The van der Waals surface area contributed by atoms with Gasteiger partial charge in [-0.1, -0.05) is 0 Å². The van der Waals surface area contributed by atoms with Crippen LogP contribution in [-0.2, 0) is 4.74 Å². The van der Waals surface area contributed by atoms with Crippen molar-refractivity contribution in [1.82, 2.24) is 0 Å². The lowest BCUT2D eigenvalue weighted by atomic mass is 10.0. The summed E-state index contributed by atoms with van der Waals surface area (Å²) in [6.07, 6.45) is -3.02. The number of ether oxygens (including phenoxy) is 2. The van der Waals surface area contributed by atoms with Gasteiger partial charge in [0.15, 0.2) is 0 Å². The minimum absolute atomic E-state index is 0.0619. The van der Waals surface area contributed by atoms with Crippen LogP contribution in [0.1, 0.15) is 34.8 Å². The quantitative estimate of drug-likeness (QED) is 0.617. The molecule has 0 bridgehead atoms. The molecule has 1 aromatic carbocycles. The van der Waals surface area contributed by atoms with Gasteiger partial charge in [0.1, 0.15) is 17.4 Å². The summed E-state index contributed by atoms with van der Waals surface area (Å²) in [6.45, 7) is -1.91. The molecule has 0 spiro atoms. The lowest BCUT2D eigenvalue weighted by Crippen LogP contribution is -2.11. The molecule has 8 heteroatoms. The molecule has 108 valence electrons. The van der Waals surface area contributed by atoms with Crippen molar-refractivity contribution < 1.29 is 31.8 Å². The molecule has 0 saturated carbocycles. The first-order chi connectivity index (χ1) is 9.40. The second-order valence-corrected chi connectivity index (χ2v) is 3.45. The number of halogens is 4. The van der Waals surface area contributed by atoms with Gasteiger partial charge in [-0.15, -0.1) is 0 Å². The van der Waals surface area contributed by atoms with Gasteiger partial charge in [0.05, 0.1) is 12.2 Å². The van der Waals surface area contributed by atoms with Crippen molar-refractivity contribution >= 4 is 5.97 Å². The maximum atomic E-state index is 12.7. The summed E-state index contributed by atoms with van der Waals surface area (Å²) in [5.74, 6) is -1.85. The monoisotopic (exact) mass is 291 g/mol. The second kappa shape index (κ2) is 6.75. The van der Waals surface area contributed by atoms with E-state index in [1.54, 1.807) is 0 Å². The van der Waals surface area contributed by atoms with E-state index in [0.717, 1.165) is 6.07 Å². The number of nitrogens with zero attached hydrogens (tertiary/aromatic N) is 1. The van der Waals surface area contributed by atoms with Crippen LogP contribution in [-0.4, -0.2) is 19.2 Å². The van der Waals surface area contributed by atoms with Crippen molar-refractivity contribution in [2.75, 3.05) is 6.61 Å². The van der Waals surface area contributed by atoms with Gasteiger partial charge in [0.2, 0.25) is 0 Å². The normalized spacial score (nSPS) is 10.5. The Bertz CT molecular complexity index is 540. The molecule has 20 heavy (non-hydrogen) atoms. The smallest absolute Gasteiger partial charge is 0.387 e. The third kappa shape index (κ3) is 3.60. The van der Waals surface area contributed by atoms with Crippen molar-refractivity contribution in [3.63, 3.8) is 0 Å². The molecule has 1 aromatic rings. The highest BCUT2D eigenvalue weighted by molar-refractivity contribution is 5.93. The summed E-state index contributed by atoms with van der Waals surface area (Å²) in [7, 11) is 0. The molecule has 0 atom stereocenters. The van der Waals surface area contributed by atoms with Crippen LogP contribution >= 0.6 is 0 Å². The Morgan fingerprint density at radius 2 is 2.00 bits per heavy atom. The average molecular weight is 291 g/mol. The topological polar surface area (TPSA) is 59.3 Å². The minimum atomic E-state index is -3.31. The van der Waals surface area contributed by atoms with Crippen LogP contribution < -0.4 is 4.74 Å². The number of alkyl halides is 4. The zero-order valence-electron chi connectivity index (χ0n) is 10.2. The van der Waals surface area contributed by atoms with E-state index < -0.39 is 41.4 Å². The number of carbonyl (C=O) groups is 1. The second-order valence-electron chi connectivity index (χ2n) is 3.45. The number of carbonyl (C=O) groups excluding carboxylic acids is 1. The van der Waals surface area contributed by atoms with Gasteiger partial charge in [0.25, 0.3) is 6.43 Å². The molecule has 1 rings (SSSR count). The first kappa shape index (κ1) is 15.8. The van der Waals surface area contributed by atoms with Crippen LogP contribution in [0, 0.1) is 11.3 Å². The van der Waals surface area contributed by atoms with Crippen LogP contribution in [0.4, 0.5) is 17.6 Å². The fraction of sp³-hybridized carbons (Fsp3) is 0.333. The molecule has 0 saturated heterocycles. The van der Waals surface area contributed by atoms with E-state index in [2.05, 4.69) is 9.47 Å². The summed E-state index contributed by atoms with van der Waals surface area (Å²) in [4.78, 5) is 11.6. The van der Waals surface area contributed by atoms with Gasteiger partial charge in [-0.25, -0.2) is 13.6 Å². The summed E-state index contributed by atoms with van der Waals surface area (Å²) in [5.41, 5.74) is -1.83. The van der Waals surface area contributed by atoms with Gasteiger partial charge in [-0.3, -0.25) is 0 Å². The van der Waals surface area contributed by atoms with Gasteiger partial charge in [-0.2, -0.15) is 14.0 Å². The Labute approximate surface area is 111 Å². The highest BCUT2D eigenvalue weighted by atomic mass is 19.3. The molecular formula is C12H9F4NO3. The first-order valence-corrected chi connectivity index (χ1v) is 5.38. The molecule has 0 N–H and O–H groups in total. The summed E-state index contributed by atoms with van der Waals surface area (Å²) in [6, 6.07) is 2.79. The van der Waals surface area contributed by atoms with Crippen LogP contribution in [0.5, 0.6) is 5.75 Å². The first-order valence-electron chi connectivity index (χ1n) is 5.38. The molecule has 0 aliphatic carbocycles. The molecule has 0 amide bonds. The lowest BCUT2D eigenvalue weighted by molar-refractivity contribution is -0.0503. The number of benzene rings is 1. The van der Waals surface area contributed by atoms with E-state index >= 15 is 0 Å². The van der Waals surface area contributed by atoms with E-state index in [-0.39, 0.29) is 6.61 Å². The molecule has 0 fully saturated rings. The zero-order chi connectivity index (χ0) is 15.3. The number of hydrogen-bond donors (Lipinski definition) is 0. The predicted molar refractivity (Wildman–Crippen MR) is 58.7 cm³/mol. The summed E-state index contributed by atoms with van der Waals surface area (Å²) in [5, 5.41) is 8.89. The fourth-order valence-corrected chi connectivity index (χ4v) is 1.44. The van der Waals surface area contributed by atoms with Gasteiger partial charge >= 0.3 is 12.6 Å².